The van der Waals surface area contributed by atoms with E-state index in [0.29, 0.717) is 6.61 Å². The summed E-state index contributed by atoms with van der Waals surface area (Å²) < 4.78 is 5.47. The lowest BCUT2D eigenvalue weighted by atomic mass is 10.0. The van der Waals surface area contributed by atoms with Crippen molar-refractivity contribution < 1.29 is 4.74 Å². The largest absolute Gasteiger partial charge is 0.494 e. The van der Waals surface area contributed by atoms with Gasteiger partial charge in [0.15, 0.2) is 0 Å². The molecule has 0 amide bonds. The highest BCUT2D eigenvalue weighted by molar-refractivity contribution is 5.70. The van der Waals surface area contributed by atoms with E-state index in [-0.39, 0.29) is 0 Å². The minimum Gasteiger partial charge on any atom is -0.494 e. The Kier molecular flexibility index (Phi) is 4.02. The summed E-state index contributed by atoms with van der Waals surface area (Å²) in [6.45, 7) is 2.70. The maximum atomic E-state index is 5.47. The fourth-order valence-electron chi connectivity index (χ4n) is 2.40. The monoisotopic (exact) mass is 274 g/mol. The standard InChI is InChI=1S/C20H18O/c1-2-21-20-14-12-19(13-15-20)18-10-8-17(9-11-18)16-6-4-3-5-7-16/h3-15H,2H2,1H3. The molecular formula is C20H18O. The van der Waals surface area contributed by atoms with E-state index in [1.165, 1.54) is 22.3 Å². The molecule has 0 saturated carbocycles. The molecule has 0 unspecified atom stereocenters. The molecule has 0 fully saturated rings. The van der Waals surface area contributed by atoms with E-state index in [4.69, 9.17) is 4.74 Å². The van der Waals surface area contributed by atoms with Gasteiger partial charge in [0.2, 0.25) is 0 Å². The second-order valence-electron chi connectivity index (χ2n) is 4.90. The first-order valence-corrected chi connectivity index (χ1v) is 7.25. The highest BCUT2D eigenvalue weighted by atomic mass is 16.5. The second-order valence-corrected chi connectivity index (χ2v) is 4.90. The molecule has 0 atom stereocenters. The molecule has 3 aromatic carbocycles. The van der Waals surface area contributed by atoms with Crippen LogP contribution in [0.4, 0.5) is 0 Å². The van der Waals surface area contributed by atoms with Gasteiger partial charge in [0.05, 0.1) is 6.61 Å². The molecule has 0 N–H and O–H groups in total. The van der Waals surface area contributed by atoms with Crippen LogP contribution in [0.2, 0.25) is 0 Å². The summed E-state index contributed by atoms with van der Waals surface area (Å²) in [7, 11) is 0. The molecule has 0 bridgehead atoms. The average molecular weight is 274 g/mol. The number of hydrogen-bond donors (Lipinski definition) is 0. The zero-order valence-corrected chi connectivity index (χ0v) is 12.1. The number of rotatable bonds is 4. The van der Waals surface area contributed by atoms with Crippen LogP contribution in [0.1, 0.15) is 6.92 Å². The van der Waals surface area contributed by atoms with Gasteiger partial charge in [-0.2, -0.15) is 0 Å². The lowest BCUT2D eigenvalue weighted by molar-refractivity contribution is 0.340. The number of ether oxygens (including phenoxy) is 1. The van der Waals surface area contributed by atoms with Crippen molar-refractivity contribution in [2.75, 3.05) is 6.61 Å². The molecule has 0 aliphatic carbocycles. The van der Waals surface area contributed by atoms with E-state index in [2.05, 4.69) is 60.7 Å². The average Bonchev–Trinajstić information content (AvgIpc) is 2.57. The zero-order valence-electron chi connectivity index (χ0n) is 12.1. The predicted molar refractivity (Wildman–Crippen MR) is 88.5 cm³/mol. The van der Waals surface area contributed by atoms with Crippen molar-refractivity contribution in [2.45, 2.75) is 6.92 Å². The smallest absolute Gasteiger partial charge is 0.119 e. The van der Waals surface area contributed by atoms with Gasteiger partial charge in [0.25, 0.3) is 0 Å². The van der Waals surface area contributed by atoms with Gasteiger partial charge in [0, 0.05) is 0 Å². The Morgan fingerprint density at radius 2 is 1.00 bits per heavy atom. The third kappa shape index (κ3) is 3.14. The Hall–Kier alpha value is -2.54. The van der Waals surface area contributed by atoms with Crippen LogP contribution in [0.25, 0.3) is 22.3 Å². The summed E-state index contributed by atoms with van der Waals surface area (Å²) in [5.74, 6) is 0.919. The van der Waals surface area contributed by atoms with Gasteiger partial charge in [-0.05, 0) is 41.3 Å². The van der Waals surface area contributed by atoms with Crippen LogP contribution in [-0.2, 0) is 0 Å². The van der Waals surface area contributed by atoms with Gasteiger partial charge in [-0.1, -0.05) is 66.7 Å². The van der Waals surface area contributed by atoms with Crippen LogP contribution in [0.3, 0.4) is 0 Å². The van der Waals surface area contributed by atoms with Crippen LogP contribution in [0.15, 0.2) is 78.9 Å². The molecular weight excluding hydrogens is 256 g/mol. The molecule has 1 nitrogen and oxygen atoms in total. The van der Waals surface area contributed by atoms with Gasteiger partial charge in [-0.25, -0.2) is 0 Å². The van der Waals surface area contributed by atoms with Crippen molar-refractivity contribution in [3.8, 4) is 28.0 Å². The highest BCUT2D eigenvalue weighted by Gasteiger charge is 2.00. The molecule has 1 heteroatoms. The third-order valence-electron chi connectivity index (χ3n) is 3.49. The molecule has 3 aromatic rings. The molecule has 0 saturated heterocycles. The second kappa shape index (κ2) is 6.27. The third-order valence-corrected chi connectivity index (χ3v) is 3.49. The molecule has 21 heavy (non-hydrogen) atoms. The normalized spacial score (nSPS) is 10.3. The predicted octanol–water partition coefficient (Wildman–Crippen LogP) is 5.42. The molecule has 3 rings (SSSR count). The number of hydrogen-bond acceptors (Lipinski definition) is 1. The minimum atomic E-state index is 0.700. The quantitative estimate of drug-likeness (QED) is 0.617. The lowest BCUT2D eigenvalue weighted by Gasteiger charge is -2.07. The first-order chi connectivity index (χ1) is 10.4. The summed E-state index contributed by atoms with van der Waals surface area (Å²) in [6, 6.07) is 27.3. The zero-order chi connectivity index (χ0) is 14.5. The summed E-state index contributed by atoms with van der Waals surface area (Å²) >= 11 is 0. The first-order valence-electron chi connectivity index (χ1n) is 7.25. The summed E-state index contributed by atoms with van der Waals surface area (Å²) in [5, 5.41) is 0. The Bertz CT molecular complexity index is 682. The van der Waals surface area contributed by atoms with Gasteiger partial charge in [0.1, 0.15) is 5.75 Å². The Morgan fingerprint density at radius 3 is 1.48 bits per heavy atom. The van der Waals surface area contributed by atoms with Crippen LogP contribution < -0.4 is 4.74 Å². The van der Waals surface area contributed by atoms with Gasteiger partial charge in [-0.15, -0.1) is 0 Å². The van der Waals surface area contributed by atoms with E-state index in [0.717, 1.165) is 5.75 Å². The Balaban J connectivity index is 1.84. The molecule has 0 heterocycles. The van der Waals surface area contributed by atoms with Crippen LogP contribution in [-0.4, -0.2) is 6.61 Å². The lowest BCUT2D eigenvalue weighted by Crippen LogP contribution is -1.90. The topological polar surface area (TPSA) is 9.23 Å². The van der Waals surface area contributed by atoms with E-state index in [9.17, 15) is 0 Å². The highest BCUT2D eigenvalue weighted by Crippen LogP contribution is 2.26. The van der Waals surface area contributed by atoms with Crippen molar-refractivity contribution in [1.82, 2.24) is 0 Å². The van der Waals surface area contributed by atoms with Crippen molar-refractivity contribution in [3.63, 3.8) is 0 Å². The molecule has 0 radical (unpaired) electrons. The minimum absolute atomic E-state index is 0.700. The summed E-state index contributed by atoms with van der Waals surface area (Å²) in [4.78, 5) is 0. The van der Waals surface area contributed by atoms with Crippen molar-refractivity contribution in [2.24, 2.45) is 0 Å². The first kappa shape index (κ1) is 13.4. The van der Waals surface area contributed by atoms with Crippen molar-refractivity contribution in [3.05, 3.63) is 78.9 Å². The van der Waals surface area contributed by atoms with Crippen LogP contribution in [0.5, 0.6) is 5.75 Å². The van der Waals surface area contributed by atoms with Gasteiger partial charge in [-0.3, -0.25) is 0 Å². The summed E-state index contributed by atoms with van der Waals surface area (Å²) in [6.07, 6.45) is 0. The van der Waals surface area contributed by atoms with Crippen molar-refractivity contribution >= 4 is 0 Å². The van der Waals surface area contributed by atoms with Gasteiger partial charge < -0.3 is 4.74 Å². The van der Waals surface area contributed by atoms with Crippen LogP contribution in [0, 0.1) is 0 Å². The SMILES string of the molecule is CCOc1ccc(-c2ccc(-c3ccccc3)cc2)cc1. The maximum absolute atomic E-state index is 5.47. The van der Waals surface area contributed by atoms with Gasteiger partial charge >= 0.3 is 0 Å². The van der Waals surface area contributed by atoms with E-state index < -0.39 is 0 Å². The van der Waals surface area contributed by atoms with E-state index >= 15 is 0 Å². The molecule has 0 aliphatic rings. The maximum Gasteiger partial charge on any atom is 0.119 e. The van der Waals surface area contributed by atoms with E-state index in [1.807, 2.05) is 25.1 Å². The Labute approximate surface area is 125 Å². The molecule has 0 aliphatic heterocycles. The fraction of sp³-hybridized carbons (Fsp3) is 0.100. The van der Waals surface area contributed by atoms with Crippen LogP contribution >= 0.6 is 0 Å². The molecule has 104 valence electrons. The Morgan fingerprint density at radius 1 is 0.571 bits per heavy atom. The summed E-state index contributed by atoms with van der Waals surface area (Å²) in [5.41, 5.74) is 4.91. The number of benzene rings is 3. The molecule has 0 aromatic heterocycles. The molecule has 0 spiro atoms. The van der Waals surface area contributed by atoms with Crippen molar-refractivity contribution in [1.29, 1.82) is 0 Å². The fourth-order valence-corrected chi connectivity index (χ4v) is 2.40. The van der Waals surface area contributed by atoms with E-state index in [1.54, 1.807) is 0 Å².